The van der Waals surface area contributed by atoms with Gasteiger partial charge < -0.3 is 5.32 Å². The molecule has 0 aliphatic heterocycles. The molecule has 2 unspecified atom stereocenters. The van der Waals surface area contributed by atoms with Gasteiger partial charge in [0.2, 0.25) is 0 Å². The number of hydrogen-bond donors (Lipinski definition) is 1. The van der Waals surface area contributed by atoms with Crippen LogP contribution in [-0.4, -0.2) is 23.5 Å². The number of carbonyl (C=O) groups is 1. The Hall–Kier alpha value is -0.190. The van der Waals surface area contributed by atoms with Crippen molar-refractivity contribution in [2.75, 3.05) is 6.26 Å². The van der Waals surface area contributed by atoms with Crippen molar-refractivity contribution in [3.8, 4) is 0 Å². The minimum Gasteiger partial charge on any atom is -0.349 e. The van der Waals surface area contributed by atoms with Crippen LogP contribution in [-0.2, 0) is 0 Å². The first-order valence-electron chi connectivity index (χ1n) is 5.89. The molecule has 2 nitrogen and oxygen atoms in total. The van der Waals surface area contributed by atoms with E-state index >= 15 is 0 Å². The van der Waals surface area contributed by atoms with Crippen LogP contribution in [0.1, 0.15) is 29.6 Å². The molecule has 98 valence electrons. The lowest BCUT2D eigenvalue weighted by Gasteiger charge is -2.13. The van der Waals surface area contributed by atoms with Crippen LogP contribution in [0.5, 0.6) is 0 Å². The number of carbonyl (C=O) groups excluding carboxylic acids is 1. The van der Waals surface area contributed by atoms with Crippen molar-refractivity contribution in [2.24, 2.45) is 0 Å². The second kappa shape index (κ2) is 6.31. The van der Waals surface area contributed by atoms with Crippen LogP contribution in [0.4, 0.5) is 0 Å². The Kier molecular flexibility index (Phi) is 4.98. The van der Waals surface area contributed by atoms with Gasteiger partial charge in [0.25, 0.3) is 5.91 Å². The highest BCUT2D eigenvalue weighted by Crippen LogP contribution is 2.29. The third-order valence-corrected chi connectivity index (χ3v) is 5.25. The van der Waals surface area contributed by atoms with Crippen molar-refractivity contribution in [1.82, 2.24) is 5.32 Å². The number of halogens is 2. The average molecular weight is 349 g/mol. The predicted molar refractivity (Wildman–Crippen MR) is 81.6 cm³/mol. The van der Waals surface area contributed by atoms with E-state index in [-0.39, 0.29) is 5.91 Å². The molecule has 1 amide bonds. The molecule has 1 aromatic carbocycles. The summed E-state index contributed by atoms with van der Waals surface area (Å²) in [6, 6.07) is 5.56. The highest BCUT2D eigenvalue weighted by atomic mass is 79.9. The molecule has 0 spiro atoms. The van der Waals surface area contributed by atoms with Crippen LogP contribution < -0.4 is 5.32 Å². The third kappa shape index (κ3) is 3.43. The molecule has 2 atom stereocenters. The quantitative estimate of drug-likeness (QED) is 0.890. The van der Waals surface area contributed by atoms with E-state index in [2.05, 4.69) is 27.5 Å². The molecular formula is C13H15BrClNOS. The summed E-state index contributed by atoms with van der Waals surface area (Å²) in [5.41, 5.74) is 0.607. The molecule has 1 N–H and O–H groups in total. The van der Waals surface area contributed by atoms with Gasteiger partial charge in [-0.15, -0.1) is 0 Å². The molecule has 1 saturated carbocycles. The Balaban J connectivity index is 2.02. The minimum absolute atomic E-state index is 0.0453. The van der Waals surface area contributed by atoms with Gasteiger partial charge in [-0.3, -0.25) is 4.79 Å². The number of nitrogens with one attached hydrogen (secondary N) is 1. The first kappa shape index (κ1) is 14.2. The summed E-state index contributed by atoms with van der Waals surface area (Å²) < 4.78 is 0.781. The van der Waals surface area contributed by atoms with Gasteiger partial charge in [-0.05, 0) is 59.6 Å². The van der Waals surface area contributed by atoms with Gasteiger partial charge in [0, 0.05) is 20.8 Å². The van der Waals surface area contributed by atoms with E-state index in [0.29, 0.717) is 21.9 Å². The van der Waals surface area contributed by atoms with Crippen molar-refractivity contribution in [2.45, 2.75) is 30.6 Å². The van der Waals surface area contributed by atoms with E-state index in [4.69, 9.17) is 11.6 Å². The largest absolute Gasteiger partial charge is 0.349 e. The van der Waals surface area contributed by atoms with E-state index in [9.17, 15) is 4.79 Å². The maximum absolute atomic E-state index is 12.2. The Bertz CT molecular complexity index is 455. The summed E-state index contributed by atoms with van der Waals surface area (Å²) in [4.78, 5) is 12.2. The molecule has 5 heteroatoms. The SMILES string of the molecule is CSC1CCC(NC(=O)c2cc(Cl)ccc2Br)C1. The molecule has 0 aromatic heterocycles. The zero-order chi connectivity index (χ0) is 13.1. The first-order chi connectivity index (χ1) is 8.60. The summed E-state index contributed by atoms with van der Waals surface area (Å²) in [7, 11) is 0. The van der Waals surface area contributed by atoms with Crippen LogP contribution >= 0.6 is 39.3 Å². The predicted octanol–water partition coefficient (Wildman–Crippen LogP) is 4.12. The lowest BCUT2D eigenvalue weighted by molar-refractivity contribution is 0.0937. The van der Waals surface area contributed by atoms with E-state index in [0.717, 1.165) is 17.3 Å². The molecule has 1 fully saturated rings. The van der Waals surface area contributed by atoms with E-state index in [1.165, 1.54) is 6.42 Å². The van der Waals surface area contributed by atoms with Gasteiger partial charge in [-0.2, -0.15) is 11.8 Å². The Morgan fingerprint density at radius 1 is 1.50 bits per heavy atom. The van der Waals surface area contributed by atoms with Crippen LogP contribution in [0.15, 0.2) is 22.7 Å². The number of hydrogen-bond acceptors (Lipinski definition) is 2. The second-order valence-electron chi connectivity index (χ2n) is 4.47. The molecular weight excluding hydrogens is 334 g/mol. The molecule has 2 rings (SSSR count). The Labute approximate surface area is 125 Å². The Morgan fingerprint density at radius 3 is 2.94 bits per heavy atom. The first-order valence-corrected chi connectivity index (χ1v) is 8.34. The van der Waals surface area contributed by atoms with Crippen LogP contribution in [0, 0.1) is 0 Å². The fourth-order valence-corrected chi connectivity index (χ4v) is 3.62. The standard InChI is InChI=1S/C13H15BrClNOS/c1-18-10-4-3-9(7-10)16-13(17)11-6-8(15)2-5-12(11)14/h2,5-6,9-10H,3-4,7H2,1H3,(H,16,17). The third-order valence-electron chi connectivity index (χ3n) is 3.23. The fraction of sp³-hybridized carbons (Fsp3) is 0.462. The highest BCUT2D eigenvalue weighted by molar-refractivity contribution is 9.10. The minimum atomic E-state index is -0.0453. The molecule has 1 aromatic rings. The summed E-state index contributed by atoms with van der Waals surface area (Å²) in [6.07, 6.45) is 5.44. The van der Waals surface area contributed by atoms with E-state index in [1.807, 2.05) is 11.8 Å². The van der Waals surface area contributed by atoms with Gasteiger partial charge >= 0.3 is 0 Å². The van der Waals surface area contributed by atoms with Gasteiger partial charge in [0.15, 0.2) is 0 Å². The van der Waals surface area contributed by atoms with Gasteiger partial charge in [-0.1, -0.05) is 11.6 Å². The van der Waals surface area contributed by atoms with Crippen molar-refractivity contribution in [1.29, 1.82) is 0 Å². The second-order valence-corrected chi connectivity index (χ2v) is 6.89. The van der Waals surface area contributed by atoms with Gasteiger partial charge in [0.05, 0.1) is 5.56 Å². The Morgan fingerprint density at radius 2 is 2.28 bits per heavy atom. The summed E-state index contributed by atoms with van der Waals surface area (Å²) in [5, 5.41) is 4.35. The average Bonchev–Trinajstić information content (AvgIpc) is 2.80. The van der Waals surface area contributed by atoms with Crippen molar-refractivity contribution in [3.63, 3.8) is 0 Å². The van der Waals surface area contributed by atoms with Crippen molar-refractivity contribution < 1.29 is 4.79 Å². The molecule has 1 aliphatic rings. The van der Waals surface area contributed by atoms with Crippen molar-refractivity contribution >= 4 is 45.2 Å². The molecule has 0 bridgehead atoms. The fourth-order valence-electron chi connectivity index (χ4n) is 2.22. The lowest BCUT2D eigenvalue weighted by Crippen LogP contribution is -2.33. The number of rotatable bonds is 3. The zero-order valence-electron chi connectivity index (χ0n) is 10.1. The molecule has 0 heterocycles. The van der Waals surface area contributed by atoms with Crippen LogP contribution in [0.2, 0.25) is 5.02 Å². The van der Waals surface area contributed by atoms with Gasteiger partial charge in [-0.25, -0.2) is 0 Å². The monoisotopic (exact) mass is 347 g/mol. The maximum Gasteiger partial charge on any atom is 0.252 e. The summed E-state index contributed by atoms with van der Waals surface area (Å²) in [5.74, 6) is -0.0453. The normalized spacial score (nSPS) is 23.1. The summed E-state index contributed by atoms with van der Waals surface area (Å²) in [6.45, 7) is 0. The molecule has 1 aliphatic carbocycles. The number of thioether (sulfide) groups is 1. The van der Waals surface area contributed by atoms with E-state index in [1.54, 1.807) is 18.2 Å². The van der Waals surface area contributed by atoms with E-state index < -0.39 is 0 Å². The summed E-state index contributed by atoms with van der Waals surface area (Å²) >= 11 is 11.2. The van der Waals surface area contributed by atoms with Crippen LogP contribution in [0.25, 0.3) is 0 Å². The lowest BCUT2D eigenvalue weighted by atomic mass is 10.2. The van der Waals surface area contributed by atoms with Crippen molar-refractivity contribution in [3.05, 3.63) is 33.3 Å². The smallest absolute Gasteiger partial charge is 0.252 e. The molecule has 0 radical (unpaired) electrons. The topological polar surface area (TPSA) is 29.1 Å². The maximum atomic E-state index is 12.2. The molecule has 0 saturated heterocycles. The number of amides is 1. The van der Waals surface area contributed by atoms with Gasteiger partial charge in [0.1, 0.15) is 0 Å². The molecule has 18 heavy (non-hydrogen) atoms. The van der Waals surface area contributed by atoms with Crippen LogP contribution in [0.3, 0.4) is 0 Å². The number of benzene rings is 1. The highest BCUT2D eigenvalue weighted by Gasteiger charge is 2.25. The zero-order valence-corrected chi connectivity index (χ0v) is 13.2.